The number of benzene rings is 1. The number of rotatable bonds is 1. The zero-order chi connectivity index (χ0) is 9.97. The van der Waals surface area contributed by atoms with Gasteiger partial charge >= 0.3 is 0 Å². The van der Waals surface area contributed by atoms with E-state index in [4.69, 9.17) is 0 Å². The summed E-state index contributed by atoms with van der Waals surface area (Å²) < 4.78 is 0. The molecule has 2 heteroatoms. The number of anilines is 1. The Morgan fingerprint density at radius 1 is 1.14 bits per heavy atom. The van der Waals surface area contributed by atoms with Gasteiger partial charge in [0.05, 0.1) is 0 Å². The van der Waals surface area contributed by atoms with Gasteiger partial charge in [0.1, 0.15) is 7.85 Å². The van der Waals surface area contributed by atoms with Crippen molar-refractivity contribution in [3.8, 4) is 0 Å². The maximum Gasteiger partial charge on any atom is 0.105 e. The van der Waals surface area contributed by atoms with E-state index in [2.05, 4.69) is 43.9 Å². The molecule has 0 bridgehead atoms. The number of piperidine rings is 1. The highest BCUT2D eigenvalue weighted by Crippen LogP contribution is 2.24. The van der Waals surface area contributed by atoms with Crippen LogP contribution < -0.4 is 4.90 Å². The quantitative estimate of drug-likeness (QED) is 0.608. The average molecular weight is 187 g/mol. The minimum absolute atomic E-state index is 0.914. The summed E-state index contributed by atoms with van der Waals surface area (Å²) in [5, 5.41) is 0. The summed E-state index contributed by atoms with van der Waals surface area (Å²) in [7, 11) is 2.35. The molecular formula is C12H18BN. The molecule has 1 heterocycles. The Balaban J connectivity index is 2.05. The first-order valence-corrected chi connectivity index (χ1v) is 5.57. The summed E-state index contributed by atoms with van der Waals surface area (Å²) in [5.41, 5.74) is 2.74. The lowest BCUT2D eigenvalue weighted by Crippen LogP contribution is -2.31. The minimum atomic E-state index is 0.914. The van der Waals surface area contributed by atoms with Crippen molar-refractivity contribution in [3.63, 3.8) is 0 Å². The van der Waals surface area contributed by atoms with Crippen LogP contribution in [0.3, 0.4) is 0 Å². The third-order valence-corrected chi connectivity index (χ3v) is 3.18. The number of hydrogen-bond acceptors (Lipinski definition) is 1. The van der Waals surface area contributed by atoms with Gasteiger partial charge in [-0.25, -0.2) is 0 Å². The topological polar surface area (TPSA) is 3.24 Å². The molecule has 0 unspecified atom stereocenters. The molecule has 74 valence electrons. The fourth-order valence-corrected chi connectivity index (χ4v) is 2.02. The van der Waals surface area contributed by atoms with Crippen molar-refractivity contribution in [1.29, 1.82) is 0 Å². The minimum Gasteiger partial charge on any atom is -0.372 e. The molecular weight excluding hydrogens is 169 g/mol. The van der Waals surface area contributed by atoms with Gasteiger partial charge in [-0.2, -0.15) is 0 Å². The van der Waals surface area contributed by atoms with Crippen LogP contribution in [0, 0.1) is 6.92 Å². The van der Waals surface area contributed by atoms with Gasteiger partial charge in [0.25, 0.3) is 0 Å². The van der Waals surface area contributed by atoms with Gasteiger partial charge in [-0.05, 0) is 31.9 Å². The highest BCUT2D eigenvalue weighted by Gasteiger charge is 2.15. The Morgan fingerprint density at radius 3 is 2.29 bits per heavy atom. The maximum atomic E-state index is 2.50. The normalized spacial score (nSPS) is 18.5. The van der Waals surface area contributed by atoms with E-state index in [1.165, 1.54) is 37.2 Å². The highest BCUT2D eigenvalue weighted by atomic mass is 15.1. The molecule has 0 amide bonds. The number of hydrogen-bond donors (Lipinski definition) is 0. The van der Waals surface area contributed by atoms with Crippen LogP contribution in [0.5, 0.6) is 0 Å². The molecule has 0 aliphatic carbocycles. The molecule has 1 fully saturated rings. The van der Waals surface area contributed by atoms with Gasteiger partial charge in [0.2, 0.25) is 0 Å². The van der Waals surface area contributed by atoms with E-state index in [-0.39, 0.29) is 0 Å². The van der Waals surface area contributed by atoms with Crippen molar-refractivity contribution in [1.82, 2.24) is 0 Å². The Hall–Kier alpha value is -0.915. The predicted molar refractivity (Wildman–Crippen MR) is 64.9 cm³/mol. The van der Waals surface area contributed by atoms with Crippen LogP contribution in [-0.2, 0) is 0 Å². The first-order chi connectivity index (χ1) is 6.75. The molecule has 1 aliphatic heterocycles. The van der Waals surface area contributed by atoms with Crippen molar-refractivity contribution < 1.29 is 0 Å². The van der Waals surface area contributed by atoms with Gasteiger partial charge < -0.3 is 4.90 Å². The second-order valence-corrected chi connectivity index (χ2v) is 4.51. The molecule has 2 rings (SSSR count). The molecule has 1 saturated heterocycles. The summed E-state index contributed by atoms with van der Waals surface area (Å²) in [6, 6.07) is 8.89. The molecule has 0 aromatic heterocycles. The molecule has 0 saturated carbocycles. The lowest BCUT2D eigenvalue weighted by atomic mass is 9.79. The largest absolute Gasteiger partial charge is 0.372 e. The van der Waals surface area contributed by atoms with Crippen molar-refractivity contribution >= 4 is 13.5 Å². The third-order valence-electron chi connectivity index (χ3n) is 3.18. The Kier molecular flexibility index (Phi) is 2.81. The monoisotopic (exact) mass is 187 g/mol. The second kappa shape index (κ2) is 4.08. The van der Waals surface area contributed by atoms with E-state index in [0.717, 1.165) is 5.82 Å². The smallest absolute Gasteiger partial charge is 0.105 e. The van der Waals surface area contributed by atoms with Gasteiger partial charge in [0, 0.05) is 18.8 Å². The van der Waals surface area contributed by atoms with Gasteiger partial charge in [-0.1, -0.05) is 23.5 Å². The van der Waals surface area contributed by atoms with Crippen molar-refractivity contribution in [3.05, 3.63) is 29.8 Å². The molecule has 1 aromatic carbocycles. The third kappa shape index (κ3) is 2.12. The summed E-state index contributed by atoms with van der Waals surface area (Å²) in [6.07, 6.45) is 2.68. The Bertz CT molecular complexity index is 286. The summed E-state index contributed by atoms with van der Waals surface area (Å²) in [6.45, 7) is 4.59. The summed E-state index contributed by atoms with van der Waals surface area (Å²) in [4.78, 5) is 2.50. The fraction of sp³-hybridized carbons (Fsp3) is 0.500. The fourth-order valence-electron chi connectivity index (χ4n) is 2.02. The molecule has 14 heavy (non-hydrogen) atoms. The summed E-state index contributed by atoms with van der Waals surface area (Å²) >= 11 is 0. The van der Waals surface area contributed by atoms with Crippen LogP contribution >= 0.6 is 0 Å². The van der Waals surface area contributed by atoms with Crippen LogP contribution in [0.15, 0.2) is 24.3 Å². The van der Waals surface area contributed by atoms with E-state index >= 15 is 0 Å². The molecule has 0 atom stereocenters. The second-order valence-electron chi connectivity index (χ2n) is 4.51. The van der Waals surface area contributed by atoms with E-state index < -0.39 is 0 Å². The van der Waals surface area contributed by atoms with Crippen molar-refractivity contribution in [2.24, 2.45) is 0 Å². The Labute approximate surface area is 87.5 Å². The van der Waals surface area contributed by atoms with E-state index in [1.54, 1.807) is 0 Å². The molecule has 0 N–H and O–H groups in total. The van der Waals surface area contributed by atoms with E-state index in [9.17, 15) is 0 Å². The lowest BCUT2D eigenvalue weighted by molar-refractivity contribution is 0.577. The van der Waals surface area contributed by atoms with Crippen LogP contribution in [-0.4, -0.2) is 20.9 Å². The first-order valence-electron chi connectivity index (χ1n) is 5.57. The van der Waals surface area contributed by atoms with Gasteiger partial charge in [-0.15, -0.1) is 0 Å². The van der Waals surface area contributed by atoms with E-state index in [1.807, 2.05) is 0 Å². The molecule has 0 radical (unpaired) electrons. The Morgan fingerprint density at radius 2 is 1.71 bits per heavy atom. The summed E-state index contributed by atoms with van der Waals surface area (Å²) in [5.74, 6) is 0.914. The molecule has 1 aliphatic rings. The standard InChI is InChI=1S/C12H18BN/c1-10-2-4-12(5-3-10)14-8-6-11(13)7-9-14/h2-5,11H,6-9,13H2,1H3. The molecule has 1 aromatic rings. The van der Waals surface area contributed by atoms with Gasteiger partial charge in [0.15, 0.2) is 0 Å². The van der Waals surface area contributed by atoms with Crippen molar-refractivity contribution in [2.45, 2.75) is 25.6 Å². The predicted octanol–water partition coefficient (Wildman–Crippen LogP) is 2.02. The van der Waals surface area contributed by atoms with Crippen LogP contribution in [0.2, 0.25) is 5.82 Å². The zero-order valence-corrected chi connectivity index (χ0v) is 9.16. The molecule has 0 spiro atoms. The average Bonchev–Trinajstić information content (AvgIpc) is 2.21. The van der Waals surface area contributed by atoms with E-state index in [0.29, 0.717) is 0 Å². The SMILES string of the molecule is BC1CCN(c2ccc(C)cc2)CC1. The van der Waals surface area contributed by atoms with Crippen molar-refractivity contribution in [2.75, 3.05) is 18.0 Å². The van der Waals surface area contributed by atoms with Crippen LogP contribution in [0.1, 0.15) is 18.4 Å². The maximum absolute atomic E-state index is 2.50. The number of aryl methyl sites for hydroxylation is 1. The lowest BCUT2D eigenvalue weighted by Gasteiger charge is -2.32. The van der Waals surface area contributed by atoms with Crippen LogP contribution in [0.4, 0.5) is 5.69 Å². The van der Waals surface area contributed by atoms with Gasteiger partial charge in [-0.3, -0.25) is 0 Å². The highest BCUT2D eigenvalue weighted by molar-refractivity contribution is 6.11. The number of nitrogens with zero attached hydrogens (tertiary/aromatic N) is 1. The molecule has 1 nitrogen and oxygen atoms in total. The zero-order valence-electron chi connectivity index (χ0n) is 9.16. The first kappa shape index (κ1) is 9.63. The van der Waals surface area contributed by atoms with Crippen LogP contribution in [0.25, 0.3) is 0 Å².